The first kappa shape index (κ1) is 15.6. The number of likely N-dealkylation sites (N-methyl/N-ethyl adjacent to an activating group) is 1. The number of methoxy groups -OCH3 is 1. The van der Waals surface area contributed by atoms with Crippen molar-refractivity contribution in [2.24, 2.45) is 0 Å². The molecule has 6 heteroatoms. The normalized spacial score (nSPS) is 17.7. The minimum atomic E-state index is 0.120. The molecular weight excluding hydrogens is 292 g/mol. The average Bonchev–Trinajstić information content (AvgIpc) is 2.99. The van der Waals surface area contributed by atoms with E-state index in [2.05, 4.69) is 27.9 Å². The Bertz CT molecular complexity index is 667. The Morgan fingerprint density at radius 3 is 2.91 bits per heavy atom. The molecule has 0 fully saturated rings. The molecule has 2 atom stereocenters. The van der Waals surface area contributed by atoms with Crippen LogP contribution in [0.2, 0.25) is 0 Å². The highest BCUT2D eigenvalue weighted by atomic mass is 16.5. The van der Waals surface area contributed by atoms with Crippen molar-refractivity contribution < 1.29 is 9.47 Å². The first-order valence-electron chi connectivity index (χ1n) is 7.68. The Labute approximate surface area is 136 Å². The molecule has 1 aliphatic heterocycles. The Morgan fingerprint density at radius 2 is 2.17 bits per heavy atom. The number of nitrogen functional groups attached to an aromatic ring is 1. The van der Waals surface area contributed by atoms with Gasteiger partial charge in [-0.3, -0.25) is 4.90 Å². The number of hydrogen-bond donors (Lipinski definition) is 1. The molecular formula is C17H22N4O2. The SMILES string of the molecule is COc1ncnc(N)c1CN(C)[C@@H](C)[C@@H]1Cc2ccccc2O1. The van der Waals surface area contributed by atoms with Crippen molar-refractivity contribution in [3.05, 3.63) is 41.7 Å². The number of nitrogens with zero attached hydrogens (tertiary/aromatic N) is 3. The lowest BCUT2D eigenvalue weighted by Gasteiger charge is -2.29. The summed E-state index contributed by atoms with van der Waals surface area (Å²) < 4.78 is 11.4. The molecule has 0 unspecified atom stereocenters. The van der Waals surface area contributed by atoms with Crippen LogP contribution in [0.4, 0.5) is 5.82 Å². The Balaban J connectivity index is 1.71. The maximum absolute atomic E-state index is 6.08. The van der Waals surface area contributed by atoms with Gasteiger partial charge in [0.15, 0.2) is 0 Å². The largest absolute Gasteiger partial charge is 0.488 e. The van der Waals surface area contributed by atoms with Gasteiger partial charge in [0.1, 0.15) is 24.0 Å². The van der Waals surface area contributed by atoms with E-state index in [1.165, 1.54) is 11.9 Å². The molecule has 23 heavy (non-hydrogen) atoms. The highest BCUT2D eigenvalue weighted by Crippen LogP contribution is 2.31. The third-order valence-electron chi connectivity index (χ3n) is 4.45. The van der Waals surface area contributed by atoms with Crippen LogP contribution in [0.15, 0.2) is 30.6 Å². The van der Waals surface area contributed by atoms with Gasteiger partial charge in [-0.05, 0) is 25.6 Å². The van der Waals surface area contributed by atoms with Crippen molar-refractivity contribution in [2.75, 3.05) is 19.9 Å². The highest BCUT2D eigenvalue weighted by molar-refractivity contribution is 5.44. The molecule has 0 saturated heterocycles. The molecule has 2 heterocycles. The van der Waals surface area contributed by atoms with E-state index >= 15 is 0 Å². The fraction of sp³-hybridized carbons (Fsp3) is 0.412. The predicted molar refractivity (Wildman–Crippen MR) is 88.5 cm³/mol. The molecule has 2 N–H and O–H groups in total. The lowest BCUT2D eigenvalue weighted by molar-refractivity contribution is 0.104. The summed E-state index contributed by atoms with van der Waals surface area (Å²) in [4.78, 5) is 10.4. The number of para-hydroxylation sites is 1. The van der Waals surface area contributed by atoms with E-state index in [-0.39, 0.29) is 12.1 Å². The third kappa shape index (κ3) is 3.07. The maximum atomic E-state index is 6.08. The smallest absolute Gasteiger partial charge is 0.222 e. The molecule has 0 aliphatic carbocycles. The van der Waals surface area contributed by atoms with Crippen LogP contribution in [-0.4, -0.2) is 41.2 Å². The zero-order valence-electron chi connectivity index (χ0n) is 13.7. The number of anilines is 1. The molecule has 2 aromatic rings. The second-order valence-electron chi connectivity index (χ2n) is 5.87. The molecule has 0 bridgehead atoms. The molecule has 6 nitrogen and oxygen atoms in total. The lowest BCUT2D eigenvalue weighted by atomic mass is 10.0. The highest BCUT2D eigenvalue weighted by Gasteiger charge is 2.30. The Kier molecular flexibility index (Phi) is 4.34. The number of ether oxygens (including phenoxy) is 2. The third-order valence-corrected chi connectivity index (χ3v) is 4.45. The van der Waals surface area contributed by atoms with E-state index in [0.29, 0.717) is 18.2 Å². The first-order chi connectivity index (χ1) is 11.1. The molecule has 1 aromatic carbocycles. The summed E-state index contributed by atoms with van der Waals surface area (Å²) in [6.45, 7) is 2.76. The van der Waals surface area contributed by atoms with Crippen LogP contribution in [-0.2, 0) is 13.0 Å². The van der Waals surface area contributed by atoms with E-state index in [9.17, 15) is 0 Å². The van der Waals surface area contributed by atoms with Crippen molar-refractivity contribution in [1.29, 1.82) is 0 Å². The van der Waals surface area contributed by atoms with Gasteiger partial charge in [-0.25, -0.2) is 9.97 Å². The van der Waals surface area contributed by atoms with E-state index in [0.717, 1.165) is 17.7 Å². The van der Waals surface area contributed by atoms with Crippen LogP contribution < -0.4 is 15.2 Å². The van der Waals surface area contributed by atoms with Gasteiger partial charge in [0.2, 0.25) is 5.88 Å². The van der Waals surface area contributed by atoms with Crippen LogP contribution >= 0.6 is 0 Å². The minimum absolute atomic E-state index is 0.120. The number of benzene rings is 1. The van der Waals surface area contributed by atoms with Gasteiger partial charge in [0.25, 0.3) is 0 Å². The van der Waals surface area contributed by atoms with E-state index < -0.39 is 0 Å². The minimum Gasteiger partial charge on any atom is -0.488 e. The second-order valence-corrected chi connectivity index (χ2v) is 5.87. The first-order valence-corrected chi connectivity index (χ1v) is 7.68. The van der Waals surface area contributed by atoms with E-state index in [1.807, 2.05) is 25.2 Å². The molecule has 0 spiro atoms. The van der Waals surface area contributed by atoms with Crippen molar-refractivity contribution in [3.63, 3.8) is 0 Å². The predicted octanol–water partition coefficient (Wildman–Crippen LogP) is 1.89. The average molecular weight is 314 g/mol. The topological polar surface area (TPSA) is 73.5 Å². The Hall–Kier alpha value is -2.34. The molecule has 0 radical (unpaired) electrons. The summed E-state index contributed by atoms with van der Waals surface area (Å²) in [7, 11) is 3.63. The van der Waals surface area contributed by atoms with Crippen LogP contribution in [0.5, 0.6) is 11.6 Å². The molecule has 1 aromatic heterocycles. The van der Waals surface area contributed by atoms with Crippen LogP contribution in [0.3, 0.4) is 0 Å². The molecule has 3 rings (SSSR count). The summed E-state index contributed by atoms with van der Waals surface area (Å²) in [5.41, 5.74) is 8.05. The van der Waals surface area contributed by atoms with Crippen molar-refractivity contribution in [2.45, 2.75) is 32.0 Å². The molecule has 122 valence electrons. The van der Waals surface area contributed by atoms with Gasteiger partial charge in [-0.1, -0.05) is 18.2 Å². The van der Waals surface area contributed by atoms with Crippen LogP contribution in [0.1, 0.15) is 18.1 Å². The Morgan fingerprint density at radius 1 is 1.39 bits per heavy atom. The number of fused-ring (bicyclic) bond motifs is 1. The second kappa shape index (κ2) is 6.42. The fourth-order valence-electron chi connectivity index (χ4n) is 2.89. The van der Waals surface area contributed by atoms with Gasteiger partial charge in [0, 0.05) is 19.0 Å². The molecule has 0 amide bonds. The summed E-state index contributed by atoms with van der Waals surface area (Å²) in [6.07, 6.45) is 2.45. The monoisotopic (exact) mass is 314 g/mol. The lowest BCUT2D eigenvalue weighted by Crippen LogP contribution is -2.41. The van der Waals surface area contributed by atoms with Crippen molar-refractivity contribution >= 4 is 5.82 Å². The fourth-order valence-corrected chi connectivity index (χ4v) is 2.89. The zero-order valence-corrected chi connectivity index (χ0v) is 13.7. The quantitative estimate of drug-likeness (QED) is 0.908. The standard InChI is InChI=1S/C17H22N4O2/c1-11(15-8-12-6-4-5-7-14(12)23-15)21(2)9-13-16(18)19-10-20-17(13)22-3/h4-7,10-11,15H,8-9H2,1-3H3,(H2,18,19,20)/t11-,15-/m0/s1. The molecule has 0 saturated carbocycles. The summed E-state index contributed by atoms with van der Waals surface area (Å²) in [6, 6.07) is 8.41. The summed E-state index contributed by atoms with van der Waals surface area (Å²) >= 11 is 0. The number of hydrogen-bond acceptors (Lipinski definition) is 6. The van der Waals surface area contributed by atoms with E-state index in [1.54, 1.807) is 7.11 Å². The number of aromatic nitrogens is 2. The summed E-state index contributed by atoms with van der Waals surface area (Å²) in [5, 5.41) is 0. The van der Waals surface area contributed by atoms with Gasteiger partial charge >= 0.3 is 0 Å². The van der Waals surface area contributed by atoms with Gasteiger partial charge in [-0.15, -0.1) is 0 Å². The molecule has 1 aliphatic rings. The zero-order chi connectivity index (χ0) is 16.4. The number of rotatable bonds is 5. The number of nitrogens with two attached hydrogens (primary N) is 1. The van der Waals surface area contributed by atoms with Crippen LogP contribution in [0, 0.1) is 0 Å². The summed E-state index contributed by atoms with van der Waals surface area (Å²) in [5.74, 6) is 1.96. The van der Waals surface area contributed by atoms with E-state index in [4.69, 9.17) is 15.2 Å². The van der Waals surface area contributed by atoms with Gasteiger partial charge in [0.05, 0.1) is 12.7 Å². The van der Waals surface area contributed by atoms with Gasteiger partial charge in [-0.2, -0.15) is 0 Å². The maximum Gasteiger partial charge on any atom is 0.222 e. The van der Waals surface area contributed by atoms with Crippen molar-refractivity contribution in [3.8, 4) is 11.6 Å². The van der Waals surface area contributed by atoms with Crippen molar-refractivity contribution in [1.82, 2.24) is 14.9 Å². The van der Waals surface area contributed by atoms with Gasteiger partial charge < -0.3 is 15.2 Å². The van der Waals surface area contributed by atoms with Crippen LogP contribution in [0.25, 0.3) is 0 Å².